The van der Waals surface area contributed by atoms with Crippen LogP contribution in [0.5, 0.6) is 0 Å². The molecule has 0 saturated carbocycles. The van der Waals surface area contributed by atoms with Gasteiger partial charge >= 0.3 is 0 Å². The molecule has 3 aromatic heterocycles. The molecule has 0 aliphatic carbocycles. The zero-order valence-electron chi connectivity index (χ0n) is 14.6. The zero-order chi connectivity index (χ0) is 19.7. The summed E-state index contributed by atoms with van der Waals surface area (Å²) in [7, 11) is 1.72. The van der Waals surface area contributed by atoms with Crippen molar-refractivity contribution in [2.45, 2.75) is 5.16 Å². The van der Waals surface area contributed by atoms with E-state index in [0.717, 1.165) is 11.5 Å². The lowest BCUT2D eigenvalue weighted by molar-refractivity contribution is 0.770. The van der Waals surface area contributed by atoms with Gasteiger partial charge in [-0.15, -0.1) is 0 Å². The molecule has 11 nitrogen and oxygen atoms in total. The number of aromatic amines is 1. The molecule has 4 aromatic rings. The van der Waals surface area contributed by atoms with Gasteiger partial charge in [-0.25, -0.2) is 0 Å². The molecule has 3 heterocycles. The van der Waals surface area contributed by atoms with Crippen LogP contribution in [-0.2, 0) is 7.05 Å². The normalized spacial score (nSPS) is 12.8. The molecular weight excluding hydrogens is 402 g/mol. The lowest BCUT2D eigenvalue weighted by Gasteiger charge is -1.99. The Labute approximate surface area is 164 Å². The van der Waals surface area contributed by atoms with E-state index in [9.17, 15) is 9.59 Å². The van der Waals surface area contributed by atoms with Crippen molar-refractivity contribution in [2.75, 3.05) is 17.1 Å². The average Bonchev–Trinajstić information content (AvgIpc) is 3.43. The van der Waals surface area contributed by atoms with Crippen molar-refractivity contribution in [3.63, 3.8) is 0 Å². The van der Waals surface area contributed by atoms with Crippen LogP contribution in [0.2, 0.25) is 0 Å². The molecule has 0 aliphatic heterocycles. The van der Waals surface area contributed by atoms with Gasteiger partial charge in [0.25, 0.3) is 10.9 Å². The van der Waals surface area contributed by atoms with Gasteiger partial charge in [-0.3, -0.25) is 25.1 Å². The lowest BCUT2D eigenvalue weighted by Crippen LogP contribution is -2.48. The van der Waals surface area contributed by atoms with Gasteiger partial charge in [0.2, 0.25) is 10.3 Å². The number of aromatic nitrogens is 5. The number of benzene rings is 1. The summed E-state index contributed by atoms with van der Waals surface area (Å²) in [5.41, 5.74) is 4.31. The van der Waals surface area contributed by atoms with Crippen molar-refractivity contribution in [1.29, 1.82) is 0 Å². The molecule has 4 rings (SSSR count). The summed E-state index contributed by atoms with van der Waals surface area (Å²) in [6, 6.07) is 3.35. The van der Waals surface area contributed by atoms with E-state index in [2.05, 4.69) is 40.5 Å². The van der Waals surface area contributed by atoms with Crippen LogP contribution in [0.4, 0.5) is 10.9 Å². The quantitative estimate of drug-likeness (QED) is 0.233. The van der Waals surface area contributed by atoms with Gasteiger partial charge in [0.1, 0.15) is 11.2 Å². The highest BCUT2D eigenvalue weighted by atomic mass is 32.2. The van der Waals surface area contributed by atoms with Gasteiger partial charge in [0, 0.05) is 36.2 Å². The number of anilines is 2. The largest absolute Gasteiger partial charge is 0.359 e. The van der Waals surface area contributed by atoms with Crippen LogP contribution in [0, 0.1) is 0 Å². The topological polar surface area (TPSA) is 142 Å². The summed E-state index contributed by atoms with van der Waals surface area (Å²) in [6.45, 7) is 0. The Kier molecular flexibility index (Phi) is 4.75. The summed E-state index contributed by atoms with van der Waals surface area (Å²) in [4.78, 5) is 32.3. The third-order valence-electron chi connectivity index (χ3n) is 3.83. The van der Waals surface area contributed by atoms with Gasteiger partial charge < -0.3 is 4.98 Å². The average molecular weight is 415 g/mol. The molecule has 13 heteroatoms. The maximum Gasteiger partial charge on any atom is 0.257 e. The molecule has 0 fully saturated rings. The van der Waals surface area contributed by atoms with Gasteiger partial charge in [0.15, 0.2) is 5.36 Å². The summed E-state index contributed by atoms with van der Waals surface area (Å²) in [5.74, 6) is 0.572. The van der Waals surface area contributed by atoms with Crippen molar-refractivity contribution in [3.8, 4) is 0 Å². The predicted molar refractivity (Wildman–Crippen MR) is 106 cm³/mol. The summed E-state index contributed by atoms with van der Waals surface area (Å²) in [5, 5.41) is 13.7. The maximum absolute atomic E-state index is 12.6. The van der Waals surface area contributed by atoms with Gasteiger partial charge in [-0.1, -0.05) is 11.8 Å². The third-order valence-corrected chi connectivity index (χ3v) is 5.11. The first-order valence-electron chi connectivity index (χ1n) is 7.88. The Morgan fingerprint density at radius 2 is 1.96 bits per heavy atom. The molecule has 1 aromatic carbocycles. The minimum absolute atomic E-state index is 0.0124. The first kappa shape index (κ1) is 18.1. The summed E-state index contributed by atoms with van der Waals surface area (Å²) < 4.78 is 5.66. The SMILES string of the molecule is CSc1nsc(NN=c2c(=O)c(=O)c(=NNc3ccnn3C)c3[nH]ccc23)n1. The number of rotatable bonds is 5. The molecule has 142 valence electrons. The number of nitrogens with one attached hydrogen (secondary N) is 3. The molecule has 28 heavy (non-hydrogen) atoms. The van der Waals surface area contributed by atoms with Gasteiger partial charge in [0.05, 0.1) is 11.7 Å². The first-order chi connectivity index (χ1) is 13.6. The van der Waals surface area contributed by atoms with Crippen molar-refractivity contribution in [3.05, 3.63) is 55.7 Å². The van der Waals surface area contributed by atoms with Crippen LogP contribution in [0.15, 0.2) is 49.5 Å². The maximum atomic E-state index is 12.6. The van der Waals surface area contributed by atoms with E-state index in [1.807, 2.05) is 6.26 Å². The van der Waals surface area contributed by atoms with E-state index in [0.29, 0.717) is 27.0 Å². The monoisotopic (exact) mass is 415 g/mol. The van der Waals surface area contributed by atoms with E-state index in [1.165, 1.54) is 11.8 Å². The second-order valence-corrected chi connectivity index (χ2v) is 7.02. The van der Waals surface area contributed by atoms with Crippen molar-refractivity contribution in [1.82, 2.24) is 24.1 Å². The Morgan fingerprint density at radius 1 is 1.18 bits per heavy atom. The highest BCUT2D eigenvalue weighted by Gasteiger charge is 2.12. The van der Waals surface area contributed by atoms with Crippen molar-refractivity contribution in [2.24, 2.45) is 17.3 Å². The van der Waals surface area contributed by atoms with E-state index >= 15 is 0 Å². The van der Waals surface area contributed by atoms with Crippen LogP contribution in [0.25, 0.3) is 10.9 Å². The molecule has 0 atom stereocenters. The Balaban J connectivity index is 1.82. The Morgan fingerprint density at radius 3 is 2.68 bits per heavy atom. The molecular formula is C15H13N9O2S2. The van der Waals surface area contributed by atoms with Crippen LogP contribution in [-0.4, -0.2) is 30.4 Å². The summed E-state index contributed by atoms with van der Waals surface area (Å²) >= 11 is 2.50. The second-order valence-electron chi connectivity index (χ2n) is 5.50. The molecule has 0 amide bonds. The molecule has 3 N–H and O–H groups in total. The zero-order valence-corrected chi connectivity index (χ0v) is 16.3. The van der Waals surface area contributed by atoms with Gasteiger partial charge in [-0.05, 0) is 12.3 Å². The third kappa shape index (κ3) is 3.20. The first-order valence-corrected chi connectivity index (χ1v) is 9.88. The fourth-order valence-electron chi connectivity index (χ4n) is 2.47. The van der Waals surface area contributed by atoms with E-state index in [4.69, 9.17) is 0 Å². The molecule has 0 aliphatic rings. The van der Waals surface area contributed by atoms with Crippen LogP contribution in [0.3, 0.4) is 0 Å². The Bertz CT molecular complexity index is 1370. The number of H-pyrrole nitrogens is 1. The fraction of sp³-hybridized carbons (Fsp3) is 0.133. The number of nitrogens with zero attached hydrogens (tertiary/aromatic N) is 6. The highest BCUT2D eigenvalue weighted by Crippen LogP contribution is 2.17. The molecule has 0 bridgehead atoms. The standard InChI is InChI=1S/C15H13N9O2S2/c1-24-8(4-6-17-24)19-21-11-9-7(3-5-16-9)10(12(25)13(11)26)20-22-14-18-15(27-2)23-28-14/h3-6,16,19H,1-2H3,(H,18,22,23). The molecule has 0 radical (unpaired) electrons. The minimum Gasteiger partial charge on any atom is -0.359 e. The highest BCUT2D eigenvalue weighted by molar-refractivity contribution is 7.98. The minimum atomic E-state index is -0.771. The van der Waals surface area contributed by atoms with Gasteiger partial charge in [-0.2, -0.15) is 24.7 Å². The summed E-state index contributed by atoms with van der Waals surface area (Å²) in [6.07, 6.45) is 5.05. The van der Waals surface area contributed by atoms with Crippen LogP contribution >= 0.6 is 23.3 Å². The van der Waals surface area contributed by atoms with Crippen molar-refractivity contribution >= 4 is 45.1 Å². The predicted octanol–water partition coefficient (Wildman–Crippen LogP) is -0.0736. The van der Waals surface area contributed by atoms with Crippen molar-refractivity contribution < 1.29 is 0 Å². The molecule has 0 saturated heterocycles. The number of aryl methyl sites for hydroxylation is 1. The van der Waals surface area contributed by atoms with Crippen LogP contribution in [0.1, 0.15) is 0 Å². The smallest absolute Gasteiger partial charge is 0.257 e. The number of thioether (sulfide) groups is 1. The fourth-order valence-corrected chi connectivity index (χ4v) is 3.54. The number of hydrogen-bond donors (Lipinski definition) is 3. The Hall–Kier alpha value is -3.32. The second kappa shape index (κ2) is 7.36. The van der Waals surface area contributed by atoms with E-state index < -0.39 is 10.9 Å². The molecule has 0 unspecified atom stereocenters. The molecule has 0 spiro atoms. The van der Waals surface area contributed by atoms with E-state index in [1.54, 1.807) is 36.3 Å². The number of hydrogen-bond acceptors (Lipinski definition) is 11. The number of fused-ring (bicyclic) bond motifs is 1. The lowest BCUT2D eigenvalue weighted by atomic mass is 10.2. The van der Waals surface area contributed by atoms with Crippen LogP contribution < -0.4 is 32.4 Å². The van der Waals surface area contributed by atoms with E-state index in [-0.39, 0.29) is 10.7 Å².